The quantitative estimate of drug-likeness (QED) is 0.884. The lowest BCUT2D eigenvalue weighted by atomic mass is 10.0. The molecule has 21 heavy (non-hydrogen) atoms. The Balaban J connectivity index is 2.13. The lowest BCUT2D eigenvalue weighted by molar-refractivity contribution is -0.123. The summed E-state index contributed by atoms with van der Waals surface area (Å²) in [6.07, 6.45) is 2.03. The normalized spacial score (nSPS) is 12.9. The van der Waals surface area contributed by atoms with Crippen molar-refractivity contribution in [3.63, 3.8) is 0 Å². The Kier molecular flexibility index (Phi) is 4.77. The summed E-state index contributed by atoms with van der Waals surface area (Å²) in [7, 11) is 0. The van der Waals surface area contributed by atoms with Gasteiger partial charge in [0.15, 0.2) is 5.76 Å². The number of aromatic nitrogens is 2. The number of carbonyl (C=O) groups excluding carboxylic acids is 1. The van der Waals surface area contributed by atoms with Crippen LogP contribution < -0.4 is 5.32 Å². The number of furan rings is 1. The second-order valence-electron chi connectivity index (χ2n) is 5.82. The van der Waals surface area contributed by atoms with Gasteiger partial charge in [0.2, 0.25) is 17.6 Å². The standard InChI is InChI=1S/C15H21N3O3/c1-9(2)8-12(19)16-13(10(3)4)15-17-14(18-21-15)11-6-5-7-20-11/h5-7,9-10,13H,8H2,1-4H3,(H,16,19). The van der Waals surface area contributed by atoms with E-state index >= 15 is 0 Å². The molecule has 6 heteroatoms. The first-order valence-electron chi connectivity index (χ1n) is 7.14. The van der Waals surface area contributed by atoms with Gasteiger partial charge < -0.3 is 14.3 Å². The van der Waals surface area contributed by atoms with Gasteiger partial charge in [-0.3, -0.25) is 4.79 Å². The number of rotatable bonds is 6. The summed E-state index contributed by atoms with van der Waals surface area (Å²) in [6, 6.07) is 3.22. The summed E-state index contributed by atoms with van der Waals surface area (Å²) < 4.78 is 10.5. The molecule has 0 radical (unpaired) electrons. The molecule has 0 aliphatic carbocycles. The van der Waals surface area contributed by atoms with Crippen LogP contribution in [0.4, 0.5) is 0 Å². The molecule has 0 bridgehead atoms. The van der Waals surface area contributed by atoms with E-state index in [1.807, 2.05) is 27.7 Å². The first kappa shape index (κ1) is 15.3. The van der Waals surface area contributed by atoms with Gasteiger partial charge in [-0.05, 0) is 24.0 Å². The zero-order valence-corrected chi connectivity index (χ0v) is 12.8. The zero-order valence-electron chi connectivity index (χ0n) is 12.8. The molecule has 2 heterocycles. The summed E-state index contributed by atoms with van der Waals surface area (Å²) >= 11 is 0. The molecule has 2 aromatic heterocycles. The minimum Gasteiger partial charge on any atom is -0.461 e. The Morgan fingerprint density at radius 3 is 2.67 bits per heavy atom. The molecule has 6 nitrogen and oxygen atoms in total. The molecule has 1 amide bonds. The SMILES string of the molecule is CC(C)CC(=O)NC(c1nc(-c2ccco2)no1)C(C)C. The Hall–Kier alpha value is -2.11. The summed E-state index contributed by atoms with van der Waals surface area (Å²) in [6.45, 7) is 8.01. The summed E-state index contributed by atoms with van der Waals surface area (Å²) in [4.78, 5) is 16.3. The van der Waals surface area contributed by atoms with Crippen LogP contribution in [-0.2, 0) is 4.79 Å². The third kappa shape index (κ3) is 3.93. The average Bonchev–Trinajstić information content (AvgIpc) is 3.05. The fraction of sp³-hybridized carbons (Fsp3) is 0.533. The minimum absolute atomic E-state index is 0.0125. The van der Waals surface area contributed by atoms with Crippen molar-refractivity contribution in [2.75, 3.05) is 0 Å². The molecule has 1 N–H and O–H groups in total. The van der Waals surface area contributed by atoms with Gasteiger partial charge in [0.1, 0.15) is 6.04 Å². The molecule has 1 unspecified atom stereocenters. The highest BCUT2D eigenvalue weighted by Gasteiger charge is 2.25. The van der Waals surface area contributed by atoms with Crippen LogP contribution in [0, 0.1) is 11.8 Å². The number of nitrogens with one attached hydrogen (secondary N) is 1. The van der Waals surface area contributed by atoms with E-state index in [4.69, 9.17) is 8.94 Å². The van der Waals surface area contributed by atoms with Crippen molar-refractivity contribution < 1.29 is 13.7 Å². The van der Waals surface area contributed by atoms with Crippen LogP contribution in [0.25, 0.3) is 11.6 Å². The fourth-order valence-electron chi connectivity index (χ4n) is 1.98. The molecule has 0 saturated heterocycles. The smallest absolute Gasteiger partial charge is 0.249 e. The maximum atomic E-state index is 12.0. The maximum absolute atomic E-state index is 12.0. The molecule has 1 atom stereocenters. The molecule has 0 aromatic carbocycles. The van der Waals surface area contributed by atoms with Crippen molar-refractivity contribution in [1.82, 2.24) is 15.5 Å². The maximum Gasteiger partial charge on any atom is 0.249 e. The van der Waals surface area contributed by atoms with Crippen LogP contribution in [0.15, 0.2) is 27.3 Å². The van der Waals surface area contributed by atoms with Gasteiger partial charge in [0.25, 0.3) is 0 Å². The van der Waals surface area contributed by atoms with Gasteiger partial charge >= 0.3 is 0 Å². The molecule has 2 aromatic rings. The van der Waals surface area contributed by atoms with Crippen LogP contribution in [0.1, 0.15) is 46.0 Å². The van der Waals surface area contributed by atoms with Gasteiger partial charge in [-0.1, -0.05) is 32.9 Å². The highest BCUT2D eigenvalue weighted by molar-refractivity contribution is 5.76. The highest BCUT2D eigenvalue weighted by atomic mass is 16.5. The van der Waals surface area contributed by atoms with Crippen molar-refractivity contribution in [3.8, 4) is 11.6 Å². The van der Waals surface area contributed by atoms with E-state index in [2.05, 4.69) is 15.5 Å². The molecule has 0 aliphatic heterocycles. The number of hydrogen-bond donors (Lipinski definition) is 1. The Morgan fingerprint density at radius 1 is 1.33 bits per heavy atom. The molecular weight excluding hydrogens is 270 g/mol. The molecule has 0 spiro atoms. The second-order valence-corrected chi connectivity index (χ2v) is 5.82. The molecule has 0 saturated carbocycles. The fourth-order valence-corrected chi connectivity index (χ4v) is 1.98. The van der Waals surface area contributed by atoms with E-state index < -0.39 is 0 Å². The molecule has 0 aliphatic rings. The van der Waals surface area contributed by atoms with Gasteiger partial charge in [-0.25, -0.2) is 0 Å². The van der Waals surface area contributed by atoms with Crippen molar-refractivity contribution in [2.24, 2.45) is 11.8 Å². The summed E-state index contributed by atoms with van der Waals surface area (Å²) in [5.41, 5.74) is 0. The van der Waals surface area contributed by atoms with E-state index in [1.165, 1.54) is 0 Å². The van der Waals surface area contributed by atoms with Crippen molar-refractivity contribution in [3.05, 3.63) is 24.3 Å². The van der Waals surface area contributed by atoms with E-state index in [1.54, 1.807) is 18.4 Å². The number of amides is 1. The predicted molar refractivity (Wildman–Crippen MR) is 77.2 cm³/mol. The van der Waals surface area contributed by atoms with Crippen molar-refractivity contribution in [2.45, 2.75) is 40.2 Å². The predicted octanol–water partition coefficient (Wildman–Crippen LogP) is 3.19. The third-order valence-electron chi connectivity index (χ3n) is 3.03. The number of nitrogens with zero attached hydrogens (tertiary/aromatic N) is 2. The topological polar surface area (TPSA) is 81.2 Å². The molecule has 0 fully saturated rings. The van der Waals surface area contributed by atoms with Crippen LogP contribution in [0.3, 0.4) is 0 Å². The van der Waals surface area contributed by atoms with Gasteiger partial charge in [-0.15, -0.1) is 0 Å². The van der Waals surface area contributed by atoms with Gasteiger partial charge in [-0.2, -0.15) is 4.98 Å². The van der Waals surface area contributed by atoms with Crippen LogP contribution in [0.2, 0.25) is 0 Å². The summed E-state index contributed by atoms with van der Waals surface area (Å²) in [5.74, 6) is 1.76. The van der Waals surface area contributed by atoms with Crippen LogP contribution in [0.5, 0.6) is 0 Å². The van der Waals surface area contributed by atoms with Crippen molar-refractivity contribution in [1.29, 1.82) is 0 Å². The Morgan fingerprint density at radius 2 is 2.10 bits per heavy atom. The summed E-state index contributed by atoms with van der Waals surface area (Å²) in [5, 5.41) is 6.86. The Labute approximate surface area is 123 Å². The number of hydrogen-bond acceptors (Lipinski definition) is 5. The second kappa shape index (κ2) is 6.56. The first-order valence-corrected chi connectivity index (χ1v) is 7.14. The monoisotopic (exact) mass is 291 g/mol. The van der Waals surface area contributed by atoms with E-state index in [9.17, 15) is 4.79 Å². The van der Waals surface area contributed by atoms with Crippen LogP contribution in [-0.4, -0.2) is 16.0 Å². The first-order chi connectivity index (χ1) is 9.97. The van der Waals surface area contributed by atoms with Gasteiger partial charge in [0.05, 0.1) is 6.26 Å². The molecule has 114 valence electrons. The van der Waals surface area contributed by atoms with Crippen LogP contribution >= 0.6 is 0 Å². The highest BCUT2D eigenvalue weighted by Crippen LogP contribution is 2.24. The lowest BCUT2D eigenvalue weighted by Crippen LogP contribution is -2.32. The van der Waals surface area contributed by atoms with E-state index in [-0.39, 0.29) is 17.9 Å². The average molecular weight is 291 g/mol. The third-order valence-corrected chi connectivity index (χ3v) is 3.03. The molecule has 2 rings (SSSR count). The Bertz CT molecular complexity index is 573. The van der Waals surface area contributed by atoms with E-state index in [0.29, 0.717) is 29.8 Å². The minimum atomic E-state index is -0.299. The largest absolute Gasteiger partial charge is 0.461 e. The lowest BCUT2D eigenvalue weighted by Gasteiger charge is -2.19. The zero-order chi connectivity index (χ0) is 15.4. The molecular formula is C15H21N3O3. The number of carbonyl (C=O) groups is 1. The van der Waals surface area contributed by atoms with Gasteiger partial charge in [0, 0.05) is 6.42 Å². The van der Waals surface area contributed by atoms with Crippen molar-refractivity contribution >= 4 is 5.91 Å². The van der Waals surface area contributed by atoms with E-state index in [0.717, 1.165) is 0 Å².